The van der Waals surface area contributed by atoms with Crippen molar-refractivity contribution < 1.29 is 9.59 Å². The summed E-state index contributed by atoms with van der Waals surface area (Å²) in [5, 5.41) is 6.79. The lowest BCUT2D eigenvalue weighted by atomic mass is 9.85. The van der Waals surface area contributed by atoms with Gasteiger partial charge in [0.05, 0.1) is 11.8 Å². The maximum absolute atomic E-state index is 12.5. The van der Waals surface area contributed by atoms with Crippen LogP contribution in [0.25, 0.3) is 11.4 Å². The Morgan fingerprint density at radius 3 is 2.50 bits per heavy atom. The van der Waals surface area contributed by atoms with E-state index < -0.39 is 0 Å². The smallest absolute Gasteiger partial charge is 0.258 e. The number of aromatic amines is 1. The molecule has 1 N–H and O–H groups in total. The molecule has 1 aliphatic carbocycles. The number of carbonyl (C=O) groups is 2. The van der Waals surface area contributed by atoms with Crippen LogP contribution in [0.3, 0.4) is 0 Å². The number of nitrogens with zero attached hydrogens (tertiary/aromatic N) is 4. The second kappa shape index (κ2) is 4.87. The average molecular weight is 295 g/mol. The van der Waals surface area contributed by atoms with Crippen molar-refractivity contribution in [1.82, 2.24) is 20.2 Å². The van der Waals surface area contributed by atoms with Crippen molar-refractivity contribution in [3.63, 3.8) is 0 Å². The Balaban J connectivity index is 1.67. The summed E-state index contributed by atoms with van der Waals surface area (Å²) in [5.74, 6) is -0.386. The summed E-state index contributed by atoms with van der Waals surface area (Å²) in [6, 6.07) is 3.61. The van der Waals surface area contributed by atoms with E-state index in [9.17, 15) is 9.59 Å². The highest BCUT2D eigenvalue weighted by Gasteiger charge is 2.49. The van der Waals surface area contributed by atoms with Gasteiger partial charge in [0.2, 0.25) is 11.8 Å². The number of rotatable bonds is 2. The van der Waals surface area contributed by atoms with Gasteiger partial charge in [0.25, 0.3) is 5.95 Å². The Bertz CT molecular complexity index is 741. The summed E-state index contributed by atoms with van der Waals surface area (Å²) in [5.41, 5.74) is 0.749. The summed E-state index contributed by atoms with van der Waals surface area (Å²) in [6.07, 6.45) is 8.41. The predicted molar refractivity (Wildman–Crippen MR) is 77.5 cm³/mol. The van der Waals surface area contributed by atoms with Gasteiger partial charge in [0, 0.05) is 18.0 Å². The van der Waals surface area contributed by atoms with Gasteiger partial charge >= 0.3 is 0 Å². The molecule has 7 heteroatoms. The van der Waals surface area contributed by atoms with Crippen molar-refractivity contribution in [1.29, 1.82) is 0 Å². The van der Waals surface area contributed by atoms with Gasteiger partial charge < -0.3 is 0 Å². The standard InChI is InChI=1S/C15H13N5O2/c21-13-10-5-1-2-6-11(10)14(22)20(13)15-17-12(18-19-15)9-4-3-7-16-8-9/h1-4,7-8,10-11H,5-6H2,(H,17,18,19)/t10-,11-/m1/s1. The summed E-state index contributed by atoms with van der Waals surface area (Å²) in [4.78, 5) is 34.3. The van der Waals surface area contributed by atoms with Gasteiger partial charge in [-0.05, 0) is 25.0 Å². The Kier molecular flexibility index (Phi) is 2.85. The van der Waals surface area contributed by atoms with Crippen LogP contribution < -0.4 is 4.90 Å². The van der Waals surface area contributed by atoms with Crippen LogP contribution in [0.2, 0.25) is 0 Å². The molecule has 0 spiro atoms. The molecule has 4 rings (SSSR count). The van der Waals surface area contributed by atoms with Crippen molar-refractivity contribution in [2.24, 2.45) is 11.8 Å². The van der Waals surface area contributed by atoms with Crippen molar-refractivity contribution in [2.75, 3.05) is 4.90 Å². The lowest BCUT2D eigenvalue weighted by Gasteiger charge is -2.14. The molecular weight excluding hydrogens is 282 g/mol. The third-order valence-electron chi connectivity index (χ3n) is 4.12. The fourth-order valence-electron chi connectivity index (χ4n) is 2.98. The van der Waals surface area contributed by atoms with Gasteiger partial charge in [-0.25, -0.2) is 4.90 Å². The SMILES string of the molecule is O=C1[C@@H]2CC=CC[C@H]2C(=O)N1c1n[nH]c(-c2cccnc2)n1. The molecule has 2 aromatic heterocycles. The van der Waals surface area contributed by atoms with Gasteiger partial charge in [0.15, 0.2) is 5.82 Å². The van der Waals surface area contributed by atoms with Gasteiger partial charge in [-0.2, -0.15) is 4.98 Å². The van der Waals surface area contributed by atoms with E-state index in [4.69, 9.17) is 0 Å². The quantitative estimate of drug-likeness (QED) is 0.666. The summed E-state index contributed by atoms with van der Waals surface area (Å²) < 4.78 is 0. The number of allylic oxidation sites excluding steroid dienone is 2. The second-order valence-electron chi connectivity index (χ2n) is 5.39. The highest BCUT2D eigenvalue weighted by Crippen LogP contribution is 2.36. The minimum absolute atomic E-state index is 0.114. The number of pyridine rings is 1. The van der Waals surface area contributed by atoms with Crippen LogP contribution >= 0.6 is 0 Å². The number of hydrogen-bond acceptors (Lipinski definition) is 5. The van der Waals surface area contributed by atoms with E-state index in [0.717, 1.165) is 10.5 Å². The third kappa shape index (κ3) is 1.86. The molecule has 22 heavy (non-hydrogen) atoms. The number of H-pyrrole nitrogens is 1. The van der Waals surface area contributed by atoms with Crippen LogP contribution in [0.15, 0.2) is 36.7 Å². The molecule has 7 nitrogen and oxygen atoms in total. The average Bonchev–Trinajstić information content (AvgIpc) is 3.13. The van der Waals surface area contributed by atoms with Crippen molar-refractivity contribution >= 4 is 17.8 Å². The van der Waals surface area contributed by atoms with Crippen molar-refractivity contribution in [3.05, 3.63) is 36.7 Å². The molecule has 2 amide bonds. The maximum atomic E-state index is 12.5. The number of anilines is 1. The topological polar surface area (TPSA) is 91.8 Å². The van der Waals surface area contributed by atoms with Crippen molar-refractivity contribution in [2.45, 2.75) is 12.8 Å². The van der Waals surface area contributed by atoms with E-state index in [1.54, 1.807) is 18.5 Å². The van der Waals surface area contributed by atoms with E-state index in [-0.39, 0.29) is 29.6 Å². The molecule has 0 saturated carbocycles. The molecule has 0 unspecified atom stereocenters. The van der Waals surface area contributed by atoms with E-state index in [0.29, 0.717) is 18.7 Å². The highest BCUT2D eigenvalue weighted by molar-refractivity contribution is 6.21. The second-order valence-corrected chi connectivity index (χ2v) is 5.39. The van der Waals surface area contributed by atoms with Gasteiger partial charge in [-0.3, -0.25) is 19.7 Å². The molecule has 3 heterocycles. The number of amides is 2. The Morgan fingerprint density at radius 2 is 1.86 bits per heavy atom. The number of aromatic nitrogens is 4. The van der Waals surface area contributed by atoms with Crippen LogP contribution in [-0.2, 0) is 9.59 Å². The lowest BCUT2D eigenvalue weighted by molar-refractivity contribution is -0.122. The highest BCUT2D eigenvalue weighted by atomic mass is 16.2. The first-order chi connectivity index (χ1) is 10.8. The first kappa shape index (κ1) is 12.9. The molecule has 1 fully saturated rings. The Hall–Kier alpha value is -2.83. The minimum Gasteiger partial charge on any atom is -0.274 e. The minimum atomic E-state index is -0.280. The molecule has 110 valence electrons. The van der Waals surface area contributed by atoms with E-state index in [1.807, 2.05) is 18.2 Å². The van der Waals surface area contributed by atoms with Gasteiger partial charge in [-0.15, -0.1) is 5.10 Å². The van der Waals surface area contributed by atoms with Crippen molar-refractivity contribution in [3.8, 4) is 11.4 Å². The summed E-state index contributed by atoms with van der Waals surface area (Å²) >= 11 is 0. The fraction of sp³-hybridized carbons (Fsp3) is 0.267. The lowest BCUT2D eigenvalue weighted by Crippen LogP contribution is -2.31. The summed E-state index contributed by atoms with van der Waals surface area (Å²) in [6.45, 7) is 0. The van der Waals surface area contributed by atoms with E-state index in [2.05, 4.69) is 20.2 Å². The van der Waals surface area contributed by atoms with Crippen LogP contribution in [0, 0.1) is 11.8 Å². The molecular formula is C15H13N5O2. The fourth-order valence-corrected chi connectivity index (χ4v) is 2.98. The molecule has 2 aromatic rings. The van der Waals surface area contributed by atoms with Gasteiger partial charge in [-0.1, -0.05) is 12.2 Å². The normalized spacial score (nSPS) is 23.9. The molecule has 1 aliphatic heterocycles. The molecule has 0 aromatic carbocycles. The molecule has 2 aliphatic rings. The number of imide groups is 1. The summed E-state index contributed by atoms with van der Waals surface area (Å²) in [7, 11) is 0. The Labute approximate surface area is 126 Å². The number of nitrogens with one attached hydrogen (secondary N) is 1. The maximum Gasteiger partial charge on any atom is 0.258 e. The van der Waals surface area contributed by atoms with Crippen LogP contribution in [0.5, 0.6) is 0 Å². The first-order valence-corrected chi connectivity index (χ1v) is 7.11. The number of fused-ring (bicyclic) bond motifs is 1. The molecule has 1 saturated heterocycles. The number of hydrogen-bond donors (Lipinski definition) is 1. The zero-order chi connectivity index (χ0) is 15.1. The van der Waals surface area contributed by atoms with Crippen LogP contribution in [0.1, 0.15) is 12.8 Å². The third-order valence-corrected chi connectivity index (χ3v) is 4.12. The zero-order valence-electron chi connectivity index (χ0n) is 11.6. The Morgan fingerprint density at radius 1 is 1.14 bits per heavy atom. The monoisotopic (exact) mass is 295 g/mol. The van der Waals surface area contributed by atoms with E-state index >= 15 is 0 Å². The van der Waals surface area contributed by atoms with Gasteiger partial charge in [0.1, 0.15) is 0 Å². The first-order valence-electron chi connectivity index (χ1n) is 7.11. The van der Waals surface area contributed by atoms with Crippen LogP contribution in [-0.4, -0.2) is 32.0 Å². The van der Waals surface area contributed by atoms with E-state index in [1.165, 1.54) is 0 Å². The number of carbonyl (C=O) groups excluding carboxylic acids is 2. The zero-order valence-corrected chi connectivity index (χ0v) is 11.6. The van der Waals surface area contributed by atoms with Crippen LogP contribution in [0.4, 0.5) is 5.95 Å². The molecule has 0 radical (unpaired) electrons. The largest absolute Gasteiger partial charge is 0.274 e. The molecule has 0 bridgehead atoms. The molecule has 2 atom stereocenters. The predicted octanol–water partition coefficient (Wildman–Crippen LogP) is 1.32.